The van der Waals surface area contributed by atoms with Gasteiger partial charge in [0.05, 0.1) is 24.2 Å². The van der Waals surface area contributed by atoms with Crippen molar-refractivity contribution >= 4 is 16.7 Å². The van der Waals surface area contributed by atoms with Crippen molar-refractivity contribution in [1.29, 1.82) is 0 Å². The average molecular weight is 465 g/mol. The van der Waals surface area contributed by atoms with Gasteiger partial charge in [0.25, 0.3) is 0 Å². The van der Waals surface area contributed by atoms with E-state index >= 15 is 4.39 Å². The Bertz CT molecular complexity index is 1370. The molecule has 2 aromatic carbocycles. The summed E-state index contributed by atoms with van der Waals surface area (Å²) < 4.78 is 47.0. The van der Waals surface area contributed by atoms with Crippen LogP contribution in [-0.4, -0.2) is 52.7 Å². The highest BCUT2D eigenvalue weighted by atomic mass is 19.1. The lowest BCUT2D eigenvalue weighted by Gasteiger charge is -2.16. The van der Waals surface area contributed by atoms with Gasteiger partial charge in [-0.2, -0.15) is 0 Å². The fraction of sp³-hybridized carbons (Fsp3) is 0.240. The number of nitrogen functional groups attached to an aromatic ring is 1. The van der Waals surface area contributed by atoms with Crippen molar-refractivity contribution in [3.05, 3.63) is 66.2 Å². The molecule has 174 valence electrons. The minimum Gasteiger partial charge on any atom is -0.470 e. The number of nitrogens with two attached hydrogens (primary N) is 1. The number of aliphatic hydroxyl groups excluding tert-OH is 1. The maximum absolute atomic E-state index is 15.0. The summed E-state index contributed by atoms with van der Waals surface area (Å²) in [6, 6.07) is 14.5. The van der Waals surface area contributed by atoms with E-state index in [0.29, 0.717) is 28.2 Å². The molecule has 1 unspecified atom stereocenters. The Labute approximate surface area is 193 Å². The number of H-pyrrole nitrogens is 1. The largest absolute Gasteiger partial charge is 0.470 e. The number of nitrogens with zero attached hydrogens (tertiary/aromatic N) is 1. The van der Waals surface area contributed by atoms with Crippen LogP contribution in [0.4, 0.5) is 14.5 Å². The predicted octanol–water partition coefficient (Wildman–Crippen LogP) is 3.66. The molecule has 0 aliphatic carbocycles. The Kier molecular flexibility index (Phi) is 4.98. The maximum Gasteiger partial charge on any atom is 0.193 e. The standard InChI is InChI=1S/C25H21F2N3O4/c26-16-7-13(12-1-4-14(28)5-2-12)3-6-15(16)23-17(27)8-18-19(30-23)9-22(29-18)34-21-11-33-24-20(31)10-32-25(21)24/h1-9,20-21,24-25,29,31H,10-11,28H2/t20-,21-,24?,25-/m1/s1. The molecule has 4 atom stereocenters. The monoisotopic (exact) mass is 465 g/mol. The highest BCUT2D eigenvalue weighted by Crippen LogP contribution is 2.33. The number of halogens is 2. The van der Waals surface area contributed by atoms with Crippen molar-refractivity contribution in [2.45, 2.75) is 24.4 Å². The van der Waals surface area contributed by atoms with Gasteiger partial charge in [-0.05, 0) is 35.4 Å². The minimum atomic E-state index is -0.680. The number of aromatic amines is 1. The summed E-state index contributed by atoms with van der Waals surface area (Å²) in [5.74, 6) is -0.887. The van der Waals surface area contributed by atoms with E-state index in [2.05, 4.69) is 9.97 Å². The Morgan fingerprint density at radius 1 is 0.941 bits per heavy atom. The first-order valence-electron chi connectivity index (χ1n) is 10.9. The highest BCUT2D eigenvalue weighted by molar-refractivity contribution is 5.81. The lowest BCUT2D eigenvalue weighted by atomic mass is 10.0. The van der Waals surface area contributed by atoms with Gasteiger partial charge in [-0.25, -0.2) is 13.8 Å². The van der Waals surface area contributed by atoms with Crippen molar-refractivity contribution in [3.8, 4) is 28.3 Å². The quantitative estimate of drug-likeness (QED) is 0.398. The van der Waals surface area contributed by atoms with Crippen LogP contribution in [-0.2, 0) is 9.47 Å². The summed E-state index contributed by atoms with van der Waals surface area (Å²) in [7, 11) is 0. The van der Waals surface area contributed by atoms with Crippen LogP contribution in [0.5, 0.6) is 5.88 Å². The third-order valence-corrected chi connectivity index (χ3v) is 6.26. The van der Waals surface area contributed by atoms with Crippen molar-refractivity contribution in [1.82, 2.24) is 9.97 Å². The number of benzene rings is 2. The number of ether oxygens (including phenoxy) is 3. The first-order chi connectivity index (χ1) is 16.5. The molecule has 0 saturated carbocycles. The van der Waals surface area contributed by atoms with Gasteiger partial charge in [-0.1, -0.05) is 18.2 Å². The Morgan fingerprint density at radius 2 is 1.71 bits per heavy atom. The number of anilines is 1. The molecule has 2 aliphatic heterocycles. The molecular weight excluding hydrogens is 444 g/mol. The summed E-state index contributed by atoms with van der Waals surface area (Å²) in [5, 5.41) is 9.88. The average Bonchev–Trinajstić information content (AvgIpc) is 3.51. The van der Waals surface area contributed by atoms with E-state index in [9.17, 15) is 9.50 Å². The van der Waals surface area contributed by atoms with Crippen LogP contribution >= 0.6 is 0 Å². The van der Waals surface area contributed by atoms with Crippen LogP contribution in [0.15, 0.2) is 54.6 Å². The number of pyridine rings is 1. The van der Waals surface area contributed by atoms with Crippen LogP contribution in [0.25, 0.3) is 33.4 Å². The second kappa shape index (κ2) is 8.05. The van der Waals surface area contributed by atoms with Crippen molar-refractivity contribution in [2.24, 2.45) is 0 Å². The van der Waals surface area contributed by atoms with Gasteiger partial charge in [0.2, 0.25) is 0 Å². The van der Waals surface area contributed by atoms with Gasteiger partial charge in [0.1, 0.15) is 29.8 Å². The topological polar surface area (TPSA) is 103 Å². The van der Waals surface area contributed by atoms with Gasteiger partial charge in [0.15, 0.2) is 17.8 Å². The molecule has 0 bridgehead atoms. The van der Waals surface area contributed by atoms with Gasteiger partial charge < -0.3 is 30.0 Å². The third-order valence-electron chi connectivity index (χ3n) is 6.26. The maximum atomic E-state index is 15.0. The SMILES string of the molecule is Nc1ccc(-c2ccc(-c3nc4cc(O[C@@H]5COC6[C@H](O)CO[C@@H]65)[nH]c4cc3F)c(F)c2)cc1. The number of fused-ring (bicyclic) bond motifs is 2. The number of aliphatic hydroxyl groups is 1. The van der Waals surface area contributed by atoms with Crippen LogP contribution < -0.4 is 10.5 Å². The zero-order valence-electron chi connectivity index (χ0n) is 17.9. The van der Waals surface area contributed by atoms with Gasteiger partial charge in [0, 0.05) is 23.4 Å². The highest BCUT2D eigenvalue weighted by Gasteiger charge is 2.48. The first-order valence-corrected chi connectivity index (χ1v) is 10.9. The van der Waals surface area contributed by atoms with Gasteiger partial charge in [-0.3, -0.25) is 0 Å². The Hall–Kier alpha value is -3.53. The summed E-state index contributed by atoms with van der Waals surface area (Å²) in [6.45, 7) is 0.459. The lowest BCUT2D eigenvalue weighted by molar-refractivity contribution is 0.00794. The Morgan fingerprint density at radius 3 is 2.50 bits per heavy atom. The summed E-state index contributed by atoms with van der Waals surface area (Å²) in [5.41, 5.74) is 8.59. The molecule has 2 aromatic heterocycles. The molecule has 4 aromatic rings. The third kappa shape index (κ3) is 3.58. The molecule has 2 saturated heterocycles. The van der Waals surface area contributed by atoms with E-state index in [1.807, 2.05) is 0 Å². The van der Waals surface area contributed by atoms with Crippen LogP contribution in [0.3, 0.4) is 0 Å². The van der Waals surface area contributed by atoms with E-state index in [1.165, 1.54) is 18.2 Å². The van der Waals surface area contributed by atoms with Gasteiger partial charge >= 0.3 is 0 Å². The van der Waals surface area contributed by atoms with E-state index in [-0.39, 0.29) is 30.6 Å². The molecule has 2 fully saturated rings. The number of rotatable bonds is 4. The molecule has 7 nitrogen and oxygen atoms in total. The normalized spacial score (nSPS) is 24.0. The molecule has 0 amide bonds. The fourth-order valence-corrected chi connectivity index (χ4v) is 4.53. The van der Waals surface area contributed by atoms with Crippen LogP contribution in [0, 0.1) is 11.6 Å². The minimum absolute atomic E-state index is 0.0580. The van der Waals surface area contributed by atoms with E-state index in [1.54, 1.807) is 36.4 Å². The predicted molar refractivity (Wildman–Crippen MR) is 121 cm³/mol. The molecule has 0 radical (unpaired) electrons. The Balaban J connectivity index is 1.28. The lowest BCUT2D eigenvalue weighted by Crippen LogP contribution is -2.34. The summed E-state index contributed by atoms with van der Waals surface area (Å²) in [6.07, 6.45) is -1.90. The summed E-state index contributed by atoms with van der Waals surface area (Å²) >= 11 is 0. The number of nitrogens with one attached hydrogen (secondary N) is 1. The van der Waals surface area contributed by atoms with Gasteiger partial charge in [-0.15, -0.1) is 0 Å². The first kappa shape index (κ1) is 21.0. The van der Waals surface area contributed by atoms with Crippen LogP contribution in [0.2, 0.25) is 0 Å². The van der Waals surface area contributed by atoms with E-state index in [4.69, 9.17) is 19.9 Å². The summed E-state index contributed by atoms with van der Waals surface area (Å²) in [4.78, 5) is 7.33. The van der Waals surface area contributed by atoms with Crippen molar-refractivity contribution in [3.63, 3.8) is 0 Å². The second-order valence-electron chi connectivity index (χ2n) is 8.52. The molecule has 0 spiro atoms. The molecule has 34 heavy (non-hydrogen) atoms. The number of aromatic nitrogens is 2. The van der Waals surface area contributed by atoms with Crippen molar-refractivity contribution in [2.75, 3.05) is 18.9 Å². The smallest absolute Gasteiger partial charge is 0.193 e. The number of hydrogen-bond donors (Lipinski definition) is 3. The van der Waals surface area contributed by atoms with E-state index in [0.717, 1.165) is 5.56 Å². The molecule has 4 heterocycles. The molecular formula is C25H21F2N3O4. The molecule has 6 rings (SSSR count). The van der Waals surface area contributed by atoms with Crippen LogP contribution in [0.1, 0.15) is 0 Å². The van der Waals surface area contributed by atoms with E-state index < -0.39 is 29.9 Å². The zero-order chi connectivity index (χ0) is 23.4. The fourth-order valence-electron chi connectivity index (χ4n) is 4.53. The zero-order valence-corrected chi connectivity index (χ0v) is 17.9. The molecule has 2 aliphatic rings. The van der Waals surface area contributed by atoms with Crippen molar-refractivity contribution < 1.29 is 28.1 Å². The molecule has 4 N–H and O–H groups in total. The second-order valence-corrected chi connectivity index (χ2v) is 8.52. The number of hydrogen-bond acceptors (Lipinski definition) is 6. The molecule has 9 heteroatoms.